The molecule has 3 nitrogen and oxygen atoms in total. The summed E-state index contributed by atoms with van der Waals surface area (Å²) in [6.07, 6.45) is 2.52. The maximum Gasteiger partial charge on any atom is 0.128 e. The lowest BCUT2D eigenvalue weighted by molar-refractivity contribution is 0.0443. The van der Waals surface area contributed by atoms with Gasteiger partial charge in [0.2, 0.25) is 0 Å². The third-order valence-corrected chi connectivity index (χ3v) is 3.12. The average molecular weight is 267 g/mol. The topological polar surface area (TPSA) is 30.5 Å². The summed E-state index contributed by atoms with van der Waals surface area (Å²) in [5.41, 5.74) is 1.73. The Morgan fingerprint density at radius 3 is 2.79 bits per heavy atom. The molecule has 4 heteroatoms. The van der Waals surface area contributed by atoms with Gasteiger partial charge in [-0.15, -0.1) is 0 Å². The van der Waals surface area contributed by atoms with Crippen LogP contribution in [0.5, 0.6) is 0 Å². The standard InChI is InChI=1S/C15H22FNO2/c1-2-18-7-8-19-11-13-9-12(3-6-15(13)16)10-17-14-4-5-14/h3,6,9,14,17H,2,4-5,7-8,10-11H2,1H3. The molecule has 0 radical (unpaired) electrons. The Hall–Kier alpha value is -0.970. The van der Waals surface area contributed by atoms with E-state index >= 15 is 0 Å². The number of halogens is 1. The van der Waals surface area contributed by atoms with E-state index in [1.165, 1.54) is 18.9 Å². The van der Waals surface area contributed by atoms with E-state index in [2.05, 4.69) is 5.32 Å². The summed E-state index contributed by atoms with van der Waals surface area (Å²) >= 11 is 0. The molecule has 0 atom stereocenters. The van der Waals surface area contributed by atoms with Crippen molar-refractivity contribution < 1.29 is 13.9 Å². The summed E-state index contributed by atoms with van der Waals surface area (Å²) in [5.74, 6) is -0.202. The van der Waals surface area contributed by atoms with Gasteiger partial charge in [-0.1, -0.05) is 6.07 Å². The average Bonchev–Trinajstić information content (AvgIpc) is 3.23. The van der Waals surface area contributed by atoms with Gasteiger partial charge in [-0.25, -0.2) is 4.39 Å². The van der Waals surface area contributed by atoms with Crippen LogP contribution in [0, 0.1) is 5.82 Å². The van der Waals surface area contributed by atoms with Crippen molar-refractivity contribution >= 4 is 0 Å². The highest BCUT2D eigenvalue weighted by Crippen LogP contribution is 2.20. The molecule has 0 heterocycles. The van der Waals surface area contributed by atoms with Crippen molar-refractivity contribution in [2.45, 2.75) is 39.0 Å². The second kappa shape index (κ2) is 7.58. The Labute approximate surface area is 114 Å². The Bertz CT molecular complexity index is 394. The Kier molecular flexibility index (Phi) is 5.76. The van der Waals surface area contributed by atoms with Crippen molar-refractivity contribution in [3.63, 3.8) is 0 Å². The zero-order chi connectivity index (χ0) is 13.5. The van der Waals surface area contributed by atoms with Crippen molar-refractivity contribution in [2.75, 3.05) is 19.8 Å². The van der Waals surface area contributed by atoms with Crippen molar-refractivity contribution in [1.29, 1.82) is 0 Å². The van der Waals surface area contributed by atoms with E-state index in [1.54, 1.807) is 0 Å². The Morgan fingerprint density at radius 1 is 1.26 bits per heavy atom. The van der Waals surface area contributed by atoms with Gasteiger partial charge in [-0.05, 0) is 37.5 Å². The molecule has 1 aliphatic carbocycles. The molecule has 0 saturated heterocycles. The van der Waals surface area contributed by atoms with E-state index < -0.39 is 0 Å². The van der Waals surface area contributed by atoms with Gasteiger partial charge in [0, 0.05) is 24.8 Å². The van der Waals surface area contributed by atoms with Crippen LogP contribution in [0.25, 0.3) is 0 Å². The molecule has 0 unspecified atom stereocenters. The molecule has 1 aromatic carbocycles. The monoisotopic (exact) mass is 267 g/mol. The van der Waals surface area contributed by atoms with E-state index in [1.807, 2.05) is 19.1 Å². The number of ether oxygens (including phenoxy) is 2. The first-order valence-electron chi connectivity index (χ1n) is 6.95. The maximum atomic E-state index is 13.6. The maximum absolute atomic E-state index is 13.6. The van der Waals surface area contributed by atoms with E-state index in [9.17, 15) is 4.39 Å². The van der Waals surface area contributed by atoms with Crippen molar-refractivity contribution in [3.8, 4) is 0 Å². The van der Waals surface area contributed by atoms with Crippen molar-refractivity contribution in [3.05, 3.63) is 35.1 Å². The highest BCUT2D eigenvalue weighted by atomic mass is 19.1. The first-order chi connectivity index (χ1) is 9.29. The fourth-order valence-electron chi connectivity index (χ4n) is 1.84. The van der Waals surface area contributed by atoms with Crippen LogP contribution < -0.4 is 5.32 Å². The molecule has 1 saturated carbocycles. The third kappa shape index (κ3) is 5.27. The SMILES string of the molecule is CCOCCOCc1cc(CNC2CC2)ccc1F. The molecule has 1 N–H and O–H groups in total. The number of hydrogen-bond acceptors (Lipinski definition) is 3. The van der Waals surface area contributed by atoms with Gasteiger partial charge in [0.05, 0.1) is 19.8 Å². The molecule has 0 amide bonds. The molecule has 1 fully saturated rings. The minimum atomic E-state index is -0.202. The van der Waals surface area contributed by atoms with Gasteiger partial charge < -0.3 is 14.8 Å². The summed E-state index contributed by atoms with van der Waals surface area (Å²) in [5, 5.41) is 3.42. The Morgan fingerprint density at radius 2 is 2.05 bits per heavy atom. The van der Waals surface area contributed by atoms with Gasteiger partial charge in [0.25, 0.3) is 0 Å². The van der Waals surface area contributed by atoms with Crippen LogP contribution >= 0.6 is 0 Å². The van der Waals surface area contributed by atoms with Crippen LogP contribution in [-0.4, -0.2) is 25.9 Å². The lowest BCUT2D eigenvalue weighted by Crippen LogP contribution is -2.15. The summed E-state index contributed by atoms with van der Waals surface area (Å²) in [7, 11) is 0. The Balaban J connectivity index is 1.78. The third-order valence-electron chi connectivity index (χ3n) is 3.12. The van der Waals surface area contributed by atoms with Crippen LogP contribution in [0.1, 0.15) is 30.9 Å². The molecule has 0 aromatic heterocycles. The zero-order valence-electron chi connectivity index (χ0n) is 11.5. The van der Waals surface area contributed by atoms with Crippen LogP contribution in [0.15, 0.2) is 18.2 Å². The molecule has 2 rings (SSSR count). The molecule has 106 valence electrons. The van der Waals surface area contributed by atoms with Crippen molar-refractivity contribution in [1.82, 2.24) is 5.32 Å². The molecule has 0 bridgehead atoms. The number of hydrogen-bond donors (Lipinski definition) is 1. The highest BCUT2D eigenvalue weighted by molar-refractivity contribution is 5.24. The summed E-state index contributed by atoms with van der Waals surface area (Å²) in [6.45, 7) is 4.78. The lowest BCUT2D eigenvalue weighted by atomic mass is 10.1. The lowest BCUT2D eigenvalue weighted by Gasteiger charge is -2.09. The fourth-order valence-corrected chi connectivity index (χ4v) is 1.84. The van der Waals surface area contributed by atoms with E-state index in [0.717, 1.165) is 12.1 Å². The summed E-state index contributed by atoms with van der Waals surface area (Å²) in [4.78, 5) is 0. The summed E-state index contributed by atoms with van der Waals surface area (Å²) in [6, 6.07) is 5.89. The molecule has 1 aliphatic rings. The quantitative estimate of drug-likeness (QED) is 0.698. The van der Waals surface area contributed by atoms with Crippen molar-refractivity contribution in [2.24, 2.45) is 0 Å². The molecule has 0 aliphatic heterocycles. The van der Waals surface area contributed by atoms with Gasteiger partial charge >= 0.3 is 0 Å². The summed E-state index contributed by atoms with van der Waals surface area (Å²) < 4.78 is 24.2. The van der Waals surface area contributed by atoms with Crippen LogP contribution in [0.2, 0.25) is 0 Å². The second-order valence-corrected chi connectivity index (χ2v) is 4.83. The van der Waals surface area contributed by atoms with Gasteiger partial charge in [-0.2, -0.15) is 0 Å². The van der Waals surface area contributed by atoms with E-state index in [-0.39, 0.29) is 5.82 Å². The molecular formula is C15H22FNO2. The first-order valence-corrected chi connectivity index (χ1v) is 6.95. The van der Waals surface area contributed by atoms with Gasteiger partial charge in [-0.3, -0.25) is 0 Å². The van der Waals surface area contributed by atoms with E-state index in [0.29, 0.717) is 38.0 Å². The number of nitrogens with one attached hydrogen (secondary N) is 1. The fraction of sp³-hybridized carbons (Fsp3) is 0.600. The molecule has 0 spiro atoms. The molecule has 1 aromatic rings. The predicted molar refractivity (Wildman–Crippen MR) is 72.4 cm³/mol. The van der Waals surface area contributed by atoms with Crippen LogP contribution in [-0.2, 0) is 22.6 Å². The highest BCUT2D eigenvalue weighted by Gasteiger charge is 2.20. The van der Waals surface area contributed by atoms with E-state index in [4.69, 9.17) is 9.47 Å². The largest absolute Gasteiger partial charge is 0.379 e. The zero-order valence-corrected chi connectivity index (χ0v) is 11.5. The predicted octanol–water partition coefficient (Wildman–Crippen LogP) is 2.63. The normalized spacial score (nSPS) is 14.8. The minimum Gasteiger partial charge on any atom is -0.379 e. The van der Waals surface area contributed by atoms with Crippen LogP contribution in [0.3, 0.4) is 0 Å². The smallest absolute Gasteiger partial charge is 0.128 e. The van der Waals surface area contributed by atoms with Gasteiger partial charge in [0.15, 0.2) is 0 Å². The molecule has 19 heavy (non-hydrogen) atoms. The number of rotatable bonds is 9. The molecular weight excluding hydrogens is 245 g/mol. The van der Waals surface area contributed by atoms with Crippen LogP contribution in [0.4, 0.5) is 4.39 Å². The minimum absolute atomic E-state index is 0.202. The first kappa shape index (κ1) is 14.4. The second-order valence-electron chi connectivity index (χ2n) is 4.83. The van der Waals surface area contributed by atoms with Gasteiger partial charge in [0.1, 0.15) is 5.82 Å². The number of benzene rings is 1.